The van der Waals surface area contributed by atoms with E-state index < -0.39 is 17.0 Å². The number of carboxylic acid groups (broad SMARTS) is 1. The predicted molar refractivity (Wildman–Crippen MR) is 97.9 cm³/mol. The Morgan fingerprint density at radius 1 is 1.20 bits per heavy atom. The quantitative estimate of drug-likeness (QED) is 0.646. The molecule has 0 aromatic heterocycles. The summed E-state index contributed by atoms with van der Waals surface area (Å²) in [5, 5.41) is 20.3. The zero-order valence-corrected chi connectivity index (χ0v) is 15.0. The van der Waals surface area contributed by atoms with Crippen molar-refractivity contribution >= 4 is 17.3 Å². The maximum absolute atomic E-state index is 12.7. The Kier molecular flexibility index (Phi) is 5.14. The molecule has 1 atom stereocenters. The Balaban J connectivity index is 2.60. The summed E-state index contributed by atoms with van der Waals surface area (Å²) in [6.07, 6.45) is 4.49. The second-order valence-electron chi connectivity index (χ2n) is 7.18. The summed E-state index contributed by atoms with van der Waals surface area (Å²) in [6.45, 7) is 7.11. The van der Waals surface area contributed by atoms with Gasteiger partial charge in [-0.25, -0.2) is 4.79 Å². The van der Waals surface area contributed by atoms with Crippen molar-refractivity contribution in [2.45, 2.75) is 39.7 Å². The molecule has 0 bridgehead atoms. The SMILES string of the molecule is CC1=C(c2ccccc2)C(=O)CC(C)(C)[C@@]1(O)/C=C/C(C)=C\C(=O)O. The first-order valence-corrected chi connectivity index (χ1v) is 8.21. The van der Waals surface area contributed by atoms with Crippen LogP contribution in [0.15, 0.2) is 59.7 Å². The highest BCUT2D eigenvalue weighted by atomic mass is 16.4. The lowest BCUT2D eigenvalue weighted by atomic mass is 9.61. The van der Waals surface area contributed by atoms with E-state index in [-0.39, 0.29) is 12.2 Å². The van der Waals surface area contributed by atoms with Crippen LogP contribution in [0.5, 0.6) is 0 Å². The van der Waals surface area contributed by atoms with Gasteiger partial charge in [-0.1, -0.05) is 50.3 Å². The molecule has 2 N–H and O–H groups in total. The van der Waals surface area contributed by atoms with Crippen LogP contribution >= 0.6 is 0 Å². The summed E-state index contributed by atoms with van der Waals surface area (Å²) in [5.41, 5.74) is 0.366. The minimum absolute atomic E-state index is 0.00424. The molecule has 0 saturated carbocycles. The van der Waals surface area contributed by atoms with Crippen molar-refractivity contribution in [1.29, 1.82) is 0 Å². The van der Waals surface area contributed by atoms with Crippen LogP contribution in [-0.2, 0) is 9.59 Å². The molecule has 1 aliphatic carbocycles. The third-order valence-corrected chi connectivity index (χ3v) is 4.86. The van der Waals surface area contributed by atoms with Crippen molar-refractivity contribution in [2.24, 2.45) is 5.41 Å². The van der Waals surface area contributed by atoms with Gasteiger partial charge in [-0.3, -0.25) is 4.79 Å². The molecule has 4 heteroatoms. The largest absolute Gasteiger partial charge is 0.478 e. The molecular formula is C21H24O4. The average Bonchev–Trinajstić information content (AvgIpc) is 2.51. The van der Waals surface area contributed by atoms with Crippen LogP contribution in [0.1, 0.15) is 39.7 Å². The smallest absolute Gasteiger partial charge is 0.328 e. The van der Waals surface area contributed by atoms with Gasteiger partial charge in [-0.15, -0.1) is 0 Å². The molecule has 132 valence electrons. The molecule has 0 heterocycles. The lowest BCUT2D eigenvalue weighted by Gasteiger charge is -2.45. The van der Waals surface area contributed by atoms with Gasteiger partial charge in [0.15, 0.2) is 5.78 Å². The Morgan fingerprint density at radius 2 is 1.80 bits per heavy atom. The molecule has 0 radical (unpaired) electrons. The lowest BCUT2D eigenvalue weighted by Crippen LogP contribution is -2.49. The summed E-state index contributed by atoms with van der Waals surface area (Å²) >= 11 is 0. The van der Waals surface area contributed by atoms with Crippen molar-refractivity contribution in [1.82, 2.24) is 0 Å². The number of benzene rings is 1. The van der Waals surface area contributed by atoms with Crippen molar-refractivity contribution in [3.8, 4) is 0 Å². The van der Waals surface area contributed by atoms with Gasteiger partial charge >= 0.3 is 5.97 Å². The van der Waals surface area contributed by atoms with Gasteiger partial charge in [-0.2, -0.15) is 0 Å². The van der Waals surface area contributed by atoms with Crippen LogP contribution < -0.4 is 0 Å². The van der Waals surface area contributed by atoms with Gasteiger partial charge in [-0.05, 0) is 36.6 Å². The lowest BCUT2D eigenvalue weighted by molar-refractivity contribution is -0.131. The first kappa shape index (κ1) is 18.9. The van der Waals surface area contributed by atoms with Gasteiger partial charge < -0.3 is 10.2 Å². The number of carbonyl (C=O) groups is 2. The maximum atomic E-state index is 12.7. The maximum Gasteiger partial charge on any atom is 0.328 e. The Bertz CT molecular complexity index is 781. The van der Waals surface area contributed by atoms with Gasteiger partial charge in [0.25, 0.3) is 0 Å². The predicted octanol–water partition coefficient (Wildman–Crippen LogP) is 3.78. The van der Waals surface area contributed by atoms with Crippen molar-refractivity contribution in [3.05, 3.63) is 65.3 Å². The van der Waals surface area contributed by atoms with Gasteiger partial charge in [0.2, 0.25) is 0 Å². The first-order valence-electron chi connectivity index (χ1n) is 8.21. The topological polar surface area (TPSA) is 74.6 Å². The Hall–Kier alpha value is -2.46. The third-order valence-electron chi connectivity index (χ3n) is 4.86. The molecular weight excluding hydrogens is 316 g/mol. The minimum atomic E-state index is -1.35. The van der Waals surface area contributed by atoms with E-state index in [1.807, 2.05) is 44.2 Å². The molecule has 2 rings (SSSR count). The third kappa shape index (κ3) is 3.64. The molecule has 1 aromatic rings. The fourth-order valence-corrected chi connectivity index (χ4v) is 3.36. The second kappa shape index (κ2) is 6.81. The van der Waals surface area contributed by atoms with Crippen LogP contribution in [0.25, 0.3) is 5.57 Å². The zero-order valence-electron chi connectivity index (χ0n) is 15.0. The summed E-state index contributed by atoms with van der Waals surface area (Å²) in [4.78, 5) is 23.5. The molecule has 0 fully saturated rings. The van der Waals surface area contributed by atoms with Crippen LogP contribution in [0, 0.1) is 5.41 Å². The molecule has 0 aliphatic heterocycles. The molecule has 25 heavy (non-hydrogen) atoms. The number of carbonyl (C=O) groups excluding carboxylic acids is 1. The molecule has 0 saturated heterocycles. The number of aliphatic hydroxyl groups is 1. The van der Waals surface area contributed by atoms with Crippen LogP contribution in [0.4, 0.5) is 0 Å². The van der Waals surface area contributed by atoms with Crippen LogP contribution in [0.2, 0.25) is 0 Å². The van der Waals surface area contributed by atoms with Gasteiger partial charge in [0.1, 0.15) is 5.60 Å². The van der Waals surface area contributed by atoms with E-state index in [4.69, 9.17) is 5.11 Å². The molecule has 0 amide bonds. The van der Waals surface area contributed by atoms with Crippen LogP contribution in [-0.4, -0.2) is 27.6 Å². The van der Waals surface area contributed by atoms with Gasteiger partial charge in [0.05, 0.1) is 0 Å². The minimum Gasteiger partial charge on any atom is -0.478 e. The van der Waals surface area contributed by atoms with Crippen LogP contribution in [0.3, 0.4) is 0 Å². The van der Waals surface area contributed by atoms with Crippen molar-refractivity contribution in [2.75, 3.05) is 0 Å². The first-order chi connectivity index (χ1) is 11.6. The number of aliphatic carboxylic acids is 1. The fourth-order valence-electron chi connectivity index (χ4n) is 3.36. The molecule has 1 aliphatic rings. The number of hydrogen-bond acceptors (Lipinski definition) is 3. The summed E-state index contributed by atoms with van der Waals surface area (Å²) in [6, 6.07) is 9.31. The number of Topliss-reactive ketones (excluding diaryl/α,β-unsaturated/α-hetero) is 1. The molecule has 1 aromatic carbocycles. The highest BCUT2D eigenvalue weighted by molar-refractivity contribution is 6.23. The Labute approximate surface area is 148 Å². The number of allylic oxidation sites excluding steroid dienone is 3. The van der Waals surface area contributed by atoms with E-state index >= 15 is 0 Å². The Morgan fingerprint density at radius 3 is 2.36 bits per heavy atom. The number of ketones is 1. The normalized spacial score (nSPS) is 24.0. The van der Waals surface area contributed by atoms with E-state index in [1.165, 1.54) is 0 Å². The average molecular weight is 340 g/mol. The van der Waals surface area contributed by atoms with E-state index in [2.05, 4.69) is 0 Å². The number of carboxylic acids is 1. The summed E-state index contributed by atoms with van der Waals surface area (Å²) in [7, 11) is 0. The molecule has 0 spiro atoms. The van der Waals surface area contributed by atoms with E-state index in [0.717, 1.165) is 11.6 Å². The molecule has 0 unspecified atom stereocenters. The second-order valence-corrected chi connectivity index (χ2v) is 7.18. The van der Waals surface area contributed by atoms with E-state index in [1.54, 1.807) is 26.0 Å². The number of rotatable bonds is 4. The molecule has 4 nitrogen and oxygen atoms in total. The summed E-state index contributed by atoms with van der Waals surface area (Å²) < 4.78 is 0. The monoisotopic (exact) mass is 340 g/mol. The van der Waals surface area contributed by atoms with E-state index in [9.17, 15) is 14.7 Å². The van der Waals surface area contributed by atoms with E-state index in [0.29, 0.717) is 16.7 Å². The fraction of sp³-hybridized carbons (Fsp3) is 0.333. The highest BCUT2D eigenvalue weighted by Crippen LogP contribution is 2.48. The zero-order chi connectivity index (χ0) is 18.8. The highest BCUT2D eigenvalue weighted by Gasteiger charge is 2.49. The number of hydrogen-bond donors (Lipinski definition) is 2. The van der Waals surface area contributed by atoms with Gasteiger partial charge in [0, 0.05) is 23.5 Å². The summed E-state index contributed by atoms with van der Waals surface area (Å²) in [5.74, 6) is -1.03. The van der Waals surface area contributed by atoms with Crippen molar-refractivity contribution in [3.63, 3.8) is 0 Å². The van der Waals surface area contributed by atoms with Crippen molar-refractivity contribution < 1.29 is 19.8 Å². The standard InChI is InChI=1S/C21H24O4/c1-14(12-18(23)24)10-11-21(25)15(2)19(16-8-6-5-7-9-16)17(22)13-20(21,3)4/h5-12,25H,13H2,1-4H3,(H,23,24)/b11-10+,14-12-/t21-/m1/s1.